The summed E-state index contributed by atoms with van der Waals surface area (Å²) in [4.78, 5) is 0. The van der Waals surface area contributed by atoms with Gasteiger partial charge in [-0.2, -0.15) is 0 Å². The number of fused-ring (bicyclic) bond motifs is 1. The molecule has 1 aliphatic carbocycles. The third-order valence-electron chi connectivity index (χ3n) is 5.11. The van der Waals surface area contributed by atoms with E-state index in [0.29, 0.717) is 17.7 Å². The molecule has 0 N–H and O–H groups in total. The molecule has 0 heterocycles. The Morgan fingerprint density at radius 3 is 2.21 bits per heavy atom. The van der Waals surface area contributed by atoms with Crippen molar-refractivity contribution in [3.8, 4) is 11.1 Å². The first kappa shape index (κ1) is 17.3. The van der Waals surface area contributed by atoms with Gasteiger partial charge in [-0.1, -0.05) is 88.7 Å². The van der Waals surface area contributed by atoms with E-state index in [4.69, 9.17) is 11.6 Å². The minimum Gasteiger partial charge on any atom is -0.126 e. The SMILES string of the molecule is CC(C)C1=Cc2c(-c3ccc(C(C)(C)C)cc3)cccc2C1CCl. The zero-order chi connectivity index (χ0) is 17.5. The summed E-state index contributed by atoms with van der Waals surface area (Å²) in [5.74, 6) is 1.54. The summed E-state index contributed by atoms with van der Waals surface area (Å²) in [6.07, 6.45) is 2.38. The molecule has 1 atom stereocenters. The number of hydrogen-bond donors (Lipinski definition) is 0. The first-order valence-corrected chi connectivity index (χ1v) is 9.37. The Balaban J connectivity index is 2.08. The van der Waals surface area contributed by atoms with Gasteiger partial charge in [0.2, 0.25) is 0 Å². The molecule has 0 saturated heterocycles. The van der Waals surface area contributed by atoms with E-state index in [2.05, 4.69) is 83.2 Å². The van der Waals surface area contributed by atoms with Gasteiger partial charge < -0.3 is 0 Å². The van der Waals surface area contributed by atoms with E-state index in [1.54, 1.807) is 0 Å². The first-order chi connectivity index (χ1) is 11.3. The van der Waals surface area contributed by atoms with Crippen LogP contribution in [0.5, 0.6) is 0 Å². The smallest absolute Gasteiger partial charge is 0.0330 e. The average Bonchev–Trinajstić information content (AvgIpc) is 2.93. The molecule has 126 valence electrons. The minimum atomic E-state index is 0.186. The van der Waals surface area contributed by atoms with Crippen molar-refractivity contribution in [2.45, 2.75) is 46.0 Å². The number of alkyl halides is 1. The monoisotopic (exact) mass is 338 g/mol. The standard InChI is InChI=1S/C23H27Cl/c1-15(2)20-13-21-18(7-6-8-19(21)22(20)14-24)16-9-11-17(12-10-16)23(3,4)5/h6-13,15,22H,14H2,1-5H3. The van der Waals surface area contributed by atoms with Crippen LogP contribution in [-0.2, 0) is 5.41 Å². The van der Waals surface area contributed by atoms with Gasteiger partial charge in [-0.25, -0.2) is 0 Å². The molecule has 1 aliphatic rings. The van der Waals surface area contributed by atoms with Crippen LogP contribution in [-0.4, -0.2) is 5.88 Å². The van der Waals surface area contributed by atoms with Gasteiger partial charge in [0.1, 0.15) is 0 Å². The molecule has 3 rings (SSSR count). The number of halogens is 1. The highest BCUT2D eigenvalue weighted by Gasteiger charge is 2.28. The van der Waals surface area contributed by atoms with Crippen molar-refractivity contribution in [2.75, 3.05) is 5.88 Å². The lowest BCUT2D eigenvalue weighted by atomic mass is 9.85. The quantitative estimate of drug-likeness (QED) is 0.527. The number of rotatable bonds is 3. The summed E-state index contributed by atoms with van der Waals surface area (Å²) >= 11 is 6.30. The fourth-order valence-corrected chi connectivity index (χ4v) is 3.98. The fraction of sp³-hybridized carbons (Fsp3) is 0.391. The second kappa shape index (κ2) is 6.41. The fourth-order valence-electron chi connectivity index (χ4n) is 3.64. The number of allylic oxidation sites excluding steroid dienone is 1. The van der Waals surface area contributed by atoms with Crippen molar-refractivity contribution >= 4 is 17.7 Å². The van der Waals surface area contributed by atoms with Crippen LogP contribution in [0, 0.1) is 5.92 Å². The van der Waals surface area contributed by atoms with Crippen molar-refractivity contribution < 1.29 is 0 Å². The molecule has 0 radical (unpaired) electrons. The van der Waals surface area contributed by atoms with Gasteiger partial charge >= 0.3 is 0 Å². The molecule has 0 amide bonds. The van der Waals surface area contributed by atoms with Crippen molar-refractivity contribution in [3.05, 3.63) is 64.7 Å². The minimum absolute atomic E-state index is 0.186. The van der Waals surface area contributed by atoms with Crippen LogP contribution in [0.3, 0.4) is 0 Å². The van der Waals surface area contributed by atoms with E-state index < -0.39 is 0 Å². The lowest BCUT2D eigenvalue weighted by Crippen LogP contribution is -2.10. The Bertz CT molecular complexity index is 758. The normalized spacial score (nSPS) is 17.1. The van der Waals surface area contributed by atoms with Gasteiger partial charge in [-0.05, 0) is 39.2 Å². The summed E-state index contributed by atoms with van der Waals surface area (Å²) in [6.45, 7) is 11.3. The van der Waals surface area contributed by atoms with Gasteiger partial charge in [-0.15, -0.1) is 11.6 Å². The Morgan fingerprint density at radius 2 is 1.67 bits per heavy atom. The third-order valence-corrected chi connectivity index (χ3v) is 5.42. The largest absolute Gasteiger partial charge is 0.126 e. The van der Waals surface area contributed by atoms with E-state index in [0.717, 1.165) is 0 Å². The molecule has 2 aromatic carbocycles. The van der Waals surface area contributed by atoms with Gasteiger partial charge in [0.05, 0.1) is 0 Å². The summed E-state index contributed by atoms with van der Waals surface area (Å²) in [7, 11) is 0. The van der Waals surface area contributed by atoms with Crippen LogP contribution in [0.4, 0.5) is 0 Å². The van der Waals surface area contributed by atoms with Crippen LogP contribution in [0.25, 0.3) is 17.2 Å². The topological polar surface area (TPSA) is 0 Å². The lowest BCUT2D eigenvalue weighted by molar-refractivity contribution is 0.590. The molecule has 24 heavy (non-hydrogen) atoms. The Labute approximate surface area is 151 Å². The molecular formula is C23H27Cl. The van der Waals surface area contributed by atoms with Crippen LogP contribution in [0.15, 0.2) is 48.0 Å². The highest BCUT2D eigenvalue weighted by molar-refractivity contribution is 6.18. The summed E-state index contributed by atoms with van der Waals surface area (Å²) < 4.78 is 0. The zero-order valence-corrected chi connectivity index (χ0v) is 16.1. The molecule has 1 heteroatoms. The molecule has 0 spiro atoms. The van der Waals surface area contributed by atoms with E-state index in [-0.39, 0.29) is 5.41 Å². The Morgan fingerprint density at radius 1 is 1.00 bits per heavy atom. The van der Waals surface area contributed by atoms with Crippen LogP contribution in [0.2, 0.25) is 0 Å². The maximum atomic E-state index is 6.30. The molecule has 0 aromatic heterocycles. The number of benzene rings is 2. The molecule has 0 saturated carbocycles. The van der Waals surface area contributed by atoms with E-state index in [1.165, 1.54) is 33.4 Å². The molecule has 1 unspecified atom stereocenters. The van der Waals surface area contributed by atoms with Gasteiger partial charge in [0.25, 0.3) is 0 Å². The molecule has 0 fully saturated rings. The van der Waals surface area contributed by atoms with E-state index in [9.17, 15) is 0 Å². The van der Waals surface area contributed by atoms with Crippen molar-refractivity contribution in [1.29, 1.82) is 0 Å². The van der Waals surface area contributed by atoms with Crippen LogP contribution < -0.4 is 0 Å². The van der Waals surface area contributed by atoms with Crippen molar-refractivity contribution in [2.24, 2.45) is 5.92 Å². The summed E-state index contributed by atoms with van der Waals surface area (Å²) in [6, 6.07) is 15.7. The third kappa shape index (κ3) is 3.05. The molecule has 0 bridgehead atoms. The second-order valence-electron chi connectivity index (χ2n) is 8.14. The highest BCUT2D eigenvalue weighted by atomic mass is 35.5. The van der Waals surface area contributed by atoms with E-state index >= 15 is 0 Å². The zero-order valence-electron chi connectivity index (χ0n) is 15.4. The van der Waals surface area contributed by atoms with Gasteiger partial charge in [0.15, 0.2) is 0 Å². The second-order valence-corrected chi connectivity index (χ2v) is 8.45. The maximum Gasteiger partial charge on any atom is 0.0330 e. The molecule has 2 aromatic rings. The predicted molar refractivity (Wildman–Crippen MR) is 107 cm³/mol. The molecule has 0 aliphatic heterocycles. The first-order valence-electron chi connectivity index (χ1n) is 8.84. The highest BCUT2D eigenvalue weighted by Crippen LogP contribution is 2.44. The average molecular weight is 339 g/mol. The van der Waals surface area contributed by atoms with Crippen LogP contribution in [0.1, 0.15) is 57.2 Å². The molecular weight excluding hydrogens is 312 g/mol. The maximum absolute atomic E-state index is 6.30. The van der Waals surface area contributed by atoms with Crippen LogP contribution >= 0.6 is 11.6 Å². The van der Waals surface area contributed by atoms with E-state index in [1.807, 2.05) is 0 Å². The Kier molecular flexibility index (Phi) is 4.62. The van der Waals surface area contributed by atoms with Gasteiger partial charge in [-0.3, -0.25) is 0 Å². The van der Waals surface area contributed by atoms with Crippen molar-refractivity contribution in [3.63, 3.8) is 0 Å². The summed E-state index contributed by atoms with van der Waals surface area (Å²) in [5, 5.41) is 0. The lowest BCUT2D eigenvalue weighted by Gasteiger charge is -2.19. The summed E-state index contributed by atoms with van der Waals surface area (Å²) in [5.41, 5.74) is 8.36. The van der Waals surface area contributed by atoms with Crippen molar-refractivity contribution in [1.82, 2.24) is 0 Å². The molecule has 0 nitrogen and oxygen atoms in total. The van der Waals surface area contributed by atoms with Gasteiger partial charge in [0, 0.05) is 11.8 Å². The Hall–Kier alpha value is -1.53. The number of hydrogen-bond acceptors (Lipinski definition) is 0. The predicted octanol–water partition coefficient (Wildman–Crippen LogP) is 7.03.